The quantitative estimate of drug-likeness (QED) is 0.762. The molecule has 1 rings (SSSR count). The van der Waals surface area contributed by atoms with Crippen LogP contribution in [-0.4, -0.2) is 43.2 Å². The Bertz CT molecular complexity index is 401. The van der Waals surface area contributed by atoms with Crippen LogP contribution >= 0.6 is 0 Å². The molecule has 0 aromatic rings. The van der Waals surface area contributed by atoms with Gasteiger partial charge in [0.15, 0.2) is 9.84 Å². The summed E-state index contributed by atoms with van der Waals surface area (Å²) in [6.45, 7) is 5.76. The summed E-state index contributed by atoms with van der Waals surface area (Å²) in [5.41, 5.74) is -0.861. The number of carbonyl (C=O) groups is 1. The summed E-state index contributed by atoms with van der Waals surface area (Å²) in [6, 6.07) is 0. The standard InChI is InChI=1S/C12H22O5S/c1-11(2,3)17-6-7-18(15,16)9-12(4-5-12)8-10(13)14/h4-9H2,1-3H3,(H,13,14). The molecular weight excluding hydrogens is 256 g/mol. The number of sulfone groups is 1. The second-order valence-electron chi connectivity index (χ2n) is 6.12. The van der Waals surface area contributed by atoms with Crippen molar-refractivity contribution in [1.82, 2.24) is 0 Å². The van der Waals surface area contributed by atoms with E-state index in [-0.39, 0.29) is 30.1 Å². The zero-order chi connectivity index (χ0) is 14.0. The molecule has 1 N–H and O–H groups in total. The Kier molecular flexibility index (Phi) is 4.43. The maximum atomic E-state index is 11.9. The highest BCUT2D eigenvalue weighted by Crippen LogP contribution is 2.49. The first-order valence-corrected chi connectivity index (χ1v) is 7.92. The molecule has 0 unspecified atom stereocenters. The molecule has 0 saturated heterocycles. The number of carboxylic acids is 1. The summed E-state index contributed by atoms with van der Waals surface area (Å²) in [7, 11) is -3.23. The van der Waals surface area contributed by atoms with Crippen LogP contribution in [0.15, 0.2) is 0 Å². The van der Waals surface area contributed by atoms with Crippen molar-refractivity contribution in [2.75, 3.05) is 18.1 Å². The van der Waals surface area contributed by atoms with Crippen LogP contribution in [0.25, 0.3) is 0 Å². The zero-order valence-electron chi connectivity index (χ0n) is 11.2. The molecule has 0 heterocycles. The van der Waals surface area contributed by atoms with Crippen LogP contribution < -0.4 is 0 Å². The second kappa shape index (κ2) is 5.17. The van der Waals surface area contributed by atoms with Gasteiger partial charge in [0.05, 0.1) is 30.1 Å². The molecule has 0 aromatic heterocycles. The molecule has 18 heavy (non-hydrogen) atoms. The second-order valence-corrected chi connectivity index (χ2v) is 8.31. The average molecular weight is 278 g/mol. The molecule has 0 radical (unpaired) electrons. The fraction of sp³-hybridized carbons (Fsp3) is 0.917. The Morgan fingerprint density at radius 1 is 1.33 bits per heavy atom. The third-order valence-corrected chi connectivity index (χ3v) is 4.78. The van der Waals surface area contributed by atoms with E-state index < -0.39 is 21.2 Å². The van der Waals surface area contributed by atoms with Crippen LogP contribution in [0.5, 0.6) is 0 Å². The van der Waals surface area contributed by atoms with Gasteiger partial charge in [0.25, 0.3) is 0 Å². The van der Waals surface area contributed by atoms with Crippen LogP contribution in [0.1, 0.15) is 40.0 Å². The van der Waals surface area contributed by atoms with Crippen LogP contribution in [0.2, 0.25) is 0 Å². The molecule has 1 aliphatic rings. The molecule has 5 nitrogen and oxygen atoms in total. The molecule has 0 aromatic carbocycles. The minimum absolute atomic E-state index is 0.0280. The molecule has 0 spiro atoms. The van der Waals surface area contributed by atoms with Gasteiger partial charge in [-0.15, -0.1) is 0 Å². The van der Waals surface area contributed by atoms with E-state index in [1.54, 1.807) is 0 Å². The molecule has 1 aliphatic carbocycles. The summed E-state index contributed by atoms with van der Waals surface area (Å²) in [4.78, 5) is 10.7. The lowest BCUT2D eigenvalue weighted by Crippen LogP contribution is -2.27. The Hall–Kier alpha value is -0.620. The van der Waals surface area contributed by atoms with Crippen molar-refractivity contribution in [3.05, 3.63) is 0 Å². The number of rotatable bonds is 7. The predicted octanol–water partition coefficient (Wildman–Crippen LogP) is 1.47. The van der Waals surface area contributed by atoms with E-state index in [4.69, 9.17) is 9.84 Å². The van der Waals surface area contributed by atoms with E-state index in [0.717, 1.165) is 0 Å². The average Bonchev–Trinajstić information content (AvgIpc) is 2.78. The van der Waals surface area contributed by atoms with E-state index in [9.17, 15) is 13.2 Å². The Labute approximate surface area is 108 Å². The van der Waals surface area contributed by atoms with Crippen molar-refractivity contribution in [1.29, 1.82) is 0 Å². The lowest BCUT2D eigenvalue weighted by atomic mass is 10.1. The molecule has 6 heteroatoms. The van der Waals surface area contributed by atoms with Gasteiger partial charge in [-0.3, -0.25) is 4.79 Å². The first-order valence-electron chi connectivity index (χ1n) is 6.10. The largest absolute Gasteiger partial charge is 0.481 e. The molecule has 0 bridgehead atoms. The number of carboxylic acid groups (broad SMARTS) is 1. The summed E-state index contributed by atoms with van der Waals surface area (Å²) in [5, 5.41) is 8.75. The third kappa shape index (κ3) is 5.82. The van der Waals surface area contributed by atoms with Crippen molar-refractivity contribution in [3.8, 4) is 0 Å². The molecule has 1 fully saturated rings. The van der Waals surface area contributed by atoms with E-state index >= 15 is 0 Å². The van der Waals surface area contributed by atoms with Crippen LogP contribution in [0, 0.1) is 5.41 Å². The van der Waals surface area contributed by atoms with Crippen molar-refractivity contribution in [2.45, 2.75) is 45.6 Å². The number of ether oxygens (including phenoxy) is 1. The lowest BCUT2D eigenvalue weighted by Gasteiger charge is -2.20. The van der Waals surface area contributed by atoms with Gasteiger partial charge in [0.2, 0.25) is 0 Å². The fourth-order valence-corrected chi connectivity index (χ4v) is 3.69. The summed E-state index contributed by atoms with van der Waals surface area (Å²) < 4.78 is 29.1. The first-order chi connectivity index (χ1) is 8.04. The van der Waals surface area contributed by atoms with Crippen molar-refractivity contribution < 1.29 is 23.1 Å². The Morgan fingerprint density at radius 3 is 2.28 bits per heavy atom. The number of hydrogen-bond donors (Lipinski definition) is 1. The van der Waals surface area contributed by atoms with E-state index in [2.05, 4.69) is 0 Å². The molecule has 1 saturated carbocycles. The summed E-state index contributed by atoms with van der Waals surface area (Å²) in [6.07, 6.45) is 1.34. The number of aliphatic carboxylic acids is 1. The van der Waals surface area contributed by atoms with Gasteiger partial charge >= 0.3 is 5.97 Å². The minimum Gasteiger partial charge on any atom is -0.481 e. The van der Waals surface area contributed by atoms with Crippen LogP contribution in [0.3, 0.4) is 0 Å². The predicted molar refractivity (Wildman–Crippen MR) is 68.3 cm³/mol. The zero-order valence-corrected chi connectivity index (χ0v) is 12.0. The summed E-state index contributed by atoms with van der Waals surface area (Å²) >= 11 is 0. The van der Waals surface area contributed by atoms with Gasteiger partial charge in [-0.1, -0.05) is 0 Å². The maximum Gasteiger partial charge on any atom is 0.303 e. The summed E-state index contributed by atoms with van der Waals surface area (Å²) in [5.74, 6) is -0.987. The van der Waals surface area contributed by atoms with E-state index in [1.807, 2.05) is 20.8 Å². The Balaban J connectivity index is 2.43. The minimum atomic E-state index is -3.23. The van der Waals surface area contributed by atoms with E-state index in [0.29, 0.717) is 12.8 Å². The van der Waals surface area contributed by atoms with Crippen LogP contribution in [0.4, 0.5) is 0 Å². The third-order valence-electron chi connectivity index (χ3n) is 2.94. The van der Waals surface area contributed by atoms with E-state index in [1.165, 1.54) is 0 Å². The lowest BCUT2D eigenvalue weighted by molar-refractivity contribution is -0.138. The SMILES string of the molecule is CC(C)(C)OCCS(=O)(=O)CC1(CC(=O)O)CC1. The number of hydrogen-bond acceptors (Lipinski definition) is 4. The smallest absolute Gasteiger partial charge is 0.303 e. The molecule has 0 aliphatic heterocycles. The molecule has 0 amide bonds. The van der Waals surface area contributed by atoms with Crippen molar-refractivity contribution in [3.63, 3.8) is 0 Å². The maximum absolute atomic E-state index is 11.9. The van der Waals surface area contributed by atoms with Crippen molar-refractivity contribution in [2.24, 2.45) is 5.41 Å². The van der Waals surface area contributed by atoms with Gasteiger partial charge in [-0.05, 0) is 39.0 Å². The van der Waals surface area contributed by atoms with Gasteiger partial charge in [-0.25, -0.2) is 8.42 Å². The fourth-order valence-electron chi connectivity index (χ4n) is 1.88. The normalized spacial score (nSPS) is 18.6. The highest BCUT2D eigenvalue weighted by atomic mass is 32.2. The van der Waals surface area contributed by atoms with Gasteiger partial charge in [0, 0.05) is 0 Å². The van der Waals surface area contributed by atoms with Gasteiger partial charge in [-0.2, -0.15) is 0 Å². The van der Waals surface area contributed by atoms with Gasteiger partial charge in [0.1, 0.15) is 0 Å². The first kappa shape index (κ1) is 15.4. The molecule has 106 valence electrons. The highest BCUT2D eigenvalue weighted by molar-refractivity contribution is 7.91. The molecule has 0 atom stereocenters. The van der Waals surface area contributed by atoms with Gasteiger partial charge < -0.3 is 9.84 Å². The Morgan fingerprint density at radius 2 is 1.89 bits per heavy atom. The highest BCUT2D eigenvalue weighted by Gasteiger charge is 2.47. The van der Waals surface area contributed by atoms with Crippen LogP contribution in [-0.2, 0) is 19.4 Å². The topological polar surface area (TPSA) is 80.7 Å². The molecular formula is C12H22O5S. The monoisotopic (exact) mass is 278 g/mol. The van der Waals surface area contributed by atoms with Crippen molar-refractivity contribution >= 4 is 15.8 Å².